The number of rotatable bonds is 3. The van der Waals surface area contributed by atoms with Crippen LogP contribution in [0.2, 0.25) is 0 Å². The molecule has 0 radical (unpaired) electrons. The molecule has 2 bridgehead atoms. The predicted molar refractivity (Wildman–Crippen MR) is 53.7 cm³/mol. The van der Waals surface area contributed by atoms with Crippen molar-refractivity contribution in [2.24, 2.45) is 0 Å². The smallest absolute Gasteiger partial charge is 0.0677 e. The van der Waals surface area contributed by atoms with Gasteiger partial charge in [0.1, 0.15) is 0 Å². The number of piperidine rings is 1. The second-order valence-corrected chi connectivity index (χ2v) is 4.87. The molecule has 2 nitrogen and oxygen atoms in total. The first-order chi connectivity index (χ1) is 6.22. The predicted octanol–water partition coefficient (Wildman–Crippen LogP) is 1.82. The molecule has 0 aromatic carbocycles. The maximum atomic E-state index is 10.3. The van der Waals surface area contributed by atoms with E-state index in [0.717, 1.165) is 19.3 Å². The van der Waals surface area contributed by atoms with Crippen LogP contribution in [-0.4, -0.2) is 22.8 Å². The Labute approximate surface area is 80.7 Å². The molecule has 13 heavy (non-hydrogen) atoms. The van der Waals surface area contributed by atoms with Gasteiger partial charge in [-0.3, -0.25) is 0 Å². The summed E-state index contributed by atoms with van der Waals surface area (Å²) in [6, 6.07) is 1.22. The number of nitrogens with one attached hydrogen (secondary N) is 1. The van der Waals surface area contributed by atoms with Gasteiger partial charge >= 0.3 is 0 Å². The Balaban J connectivity index is 1.92. The van der Waals surface area contributed by atoms with Gasteiger partial charge in [0.2, 0.25) is 0 Å². The van der Waals surface area contributed by atoms with Crippen molar-refractivity contribution < 1.29 is 5.11 Å². The topological polar surface area (TPSA) is 32.3 Å². The lowest BCUT2D eigenvalue weighted by Crippen LogP contribution is -2.48. The fourth-order valence-corrected chi connectivity index (χ4v) is 2.93. The molecule has 76 valence electrons. The Morgan fingerprint density at radius 1 is 1.31 bits per heavy atom. The molecule has 2 heterocycles. The molecular formula is C11H21NO. The average molecular weight is 183 g/mol. The molecule has 0 aromatic rings. The second-order valence-electron chi connectivity index (χ2n) is 4.87. The highest BCUT2D eigenvalue weighted by Crippen LogP contribution is 2.36. The molecule has 2 saturated heterocycles. The third-order valence-corrected chi connectivity index (χ3v) is 3.58. The highest BCUT2D eigenvalue weighted by atomic mass is 16.3. The Bertz CT molecular complexity index is 169. The van der Waals surface area contributed by atoms with Gasteiger partial charge in [-0.1, -0.05) is 19.8 Å². The number of aliphatic hydroxyl groups is 1. The number of hydrogen-bond acceptors (Lipinski definition) is 2. The fourth-order valence-electron chi connectivity index (χ4n) is 2.93. The quantitative estimate of drug-likeness (QED) is 0.699. The lowest BCUT2D eigenvalue weighted by molar-refractivity contribution is -0.0156. The second kappa shape index (κ2) is 3.58. The van der Waals surface area contributed by atoms with Crippen LogP contribution in [0.1, 0.15) is 51.9 Å². The summed E-state index contributed by atoms with van der Waals surface area (Å²) in [5, 5.41) is 13.9. The molecule has 2 aliphatic heterocycles. The van der Waals surface area contributed by atoms with E-state index in [2.05, 4.69) is 12.2 Å². The van der Waals surface area contributed by atoms with E-state index < -0.39 is 0 Å². The van der Waals surface area contributed by atoms with Gasteiger partial charge in [0.05, 0.1) is 5.60 Å². The van der Waals surface area contributed by atoms with Crippen molar-refractivity contribution >= 4 is 0 Å². The highest BCUT2D eigenvalue weighted by Gasteiger charge is 2.41. The Kier molecular flexibility index (Phi) is 2.61. The van der Waals surface area contributed by atoms with Crippen LogP contribution in [0.5, 0.6) is 0 Å². The van der Waals surface area contributed by atoms with E-state index in [0.29, 0.717) is 12.1 Å². The average Bonchev–Trinajstić information content (AvgIpc) is 2.43. The molecule has 2 N–H and O–H groups in total. The summed E-state index contributed by atoms with van der Waals surface area (Å²) < 4.78 is 0. The summed E-state index contributed by atoms with van der Waals surface area (Å²) in [6.45, 7) is 2.19. The van der Waals surface area contributed by atoms with Crippen LogP contribution >= 0.6 is 0 Å². The van der Waals surface area contributed by atoms with Crippen molar-refractivity contribution in [3.05, 3.63) is 0 Å². The summed E-state index contributed by atoms with van der Waals surface area (Å²) in [6.07, 6.45) is 7.92. The van der Waals surface area contributed by atoms with Crippen molar-refractivity contribution in [2.75, 3.05) is 0 Å². The fraction of sp³-hybridized carbons (Fsp3) is 1.00. The molecule has 2 atom stereocenters. The normalized spacial score (nSPS) is 43.8. The zero-order valence-electron chi connectivity index (χ0n) is 8.55. The van der Waals surface area contributed by atoms with Gasteiger partial charge in [-0.25, -0.2) is 0 Å². The van der Waals surface area contributed by atoms with E-state index in [-0.39, 0.29) is 5.60 Å². The van der Waals surface area contributed by atoms with Gasteiger partial charge in [-0.05, 0) is 32.1 Å². The molecule has 0 spiro atoms. The number of fused-ring (bicyclic) bond motifs is 2. The van der Waals surface area contributed by atoms with Gasteiger partial charge in [0.25, 0.3) is 0 Å². The van der Waals surface area contributed by atoms with Crippen molar-refractivity contribution in [3.8, 4) is 0 Å². The monoisotopic (exact) mass is 183 g/mol. The van der Waals surface area contributed by atoms with E-state index in [1.807, 2.05) is 0 Å². The van der Waals surface area contributed by atoms with E-state index in [1.165, 1.54) is 25.7 Å². The Morgan fingerprint density at radius 2 is 1.92 bits per heavy atom. The van der Waals surface area contributed by atoms with Gasteiger partial charge in [-0.15, -0.1) is 0 Å². The standard InChI is InChI=1S/C11H21NO/c1-2-3-6-11(13)7-9-4-5-10(8-11)12-9/h9-10,12-13H,2-8H2,1H3. The molecule has 2 rings (SSSR count). The first-order valence-electron chi connectivity index (χ1n) is 5.70. The van der Waals surface area contributed by atoms with E-state index in [1.54, 1.807) is 0 Å². The van der Waals surface area contributed by atoms with Crippen molar-refractivity contribution in [1.82, 2.24) is 5.32 Å². The number of hydrogen-bond donors (Lipinski definition) is 2. The number of unbranched alkanes of at least 4 members (excludes halogenated alkanes) is 1. The molecule has 0 aliphatic carbocycles. The van der Waals surface area contributed by atoms with Gasteiger partial charge < -0.3 is 10.4 Å². The zero-order valence-corrected chi connectivity index (χ0v) is 8.55. The zero-order chi connectivity index (χ0) is 9.31. The van der Waals surface area contributed by atoms with Crippen LogP contribution < -0.4 is 5.32 Å². The first-order valence-corrected chi connectivity index (χ1v) is 5.70. The van der Waals surface area contributed by atoms with Gasteiger partial charge in [-0.2, -0.15) is 0 Å². The van der Waals surface area contributed by atoms with Gasteiger partial charge in [0, 0.05) is 12.1 Å². The third-order valence-electron chi connectivity index (χ3n) is 3.58. The molecule has 2 unspecified atom stereocenters. The molecule has 0 saturated carbocycles. The van der Waals surface area contributed by atoms with E-state index in [9.17, 15) is 5.11 Å². The summed E-state index contributed by atoms with van der Waals surface area (Å²) >= 11 is 0. The van der Waals surface area contributed by atoms with Crippen LogP contribution in [0, 0.1) is 0 Å². The van der Waals surface area contributed by atoms with E-state index >= 15 is 0 Å². The molecule has 0 amide bonds. The Morgan fingerprint density at radius 3 is 2.46 bits per heavy atom. The summed E-state index contributed by atoms with van der Waals surface area (Å²) in [4.78, 5) is 0. The first kappa shape index (κ1) is 9.47. The van der Waals surface area contributed by atoms with Crippen molar-refractivity contribution in [1.29, 1.82) is 0 Å². The molecule has 2 heteroatoms. The SMILES string of the molecule is CCCCC1(O)CC2CCC(C1)N2. The van der Waals surface area contributed by atoms with Gasteiger partial charge in [0.15, 0.2) is 0 Å². The van der Waals surface area contributed by atoms with Crippen LogP contribution in [0.25, 0.3) is 0 Å². The molecular weight excluding hydrogens is 162 g/mol. The lowest BCUT2D eigenvalue weighted by Gasteiger charge is -2.37. The summed E-state index contributed by atoms with van der Waals surface area (Å²) in [5.74, 6) is 0. The van der Waals surface area contributed by atoms with Crippen LogP contribution in [0.3, 0.4) is 0 Å². The van der Waals surface area contributed by atoms with Crippen molar-refractivity contribution in [3.63, 3.8) is 0 Å². The molecule has 2 aliphatic rings. The van der Waals surface area contributed by atoms with Crippen LogP contribution in [0.4, 0.5) is 0 Å². The molecule has 0 aromatic heterocycles. The van der Waals surface area contributed by atoms with Crippen molar-refractivity contribution in [2.45, 2.75) is 69.6 Å². The van der Waals surface area contributed by atoms with Crippen LogP contribution in [-0.2, 0) is 0 Å². The minimum Gasteiger partial charge on any atom is -0.390 e. The Hall–Kier alpha value is -0.0800. The third kappa shape index (κ3) is 2.05. The highest BCUT2D eigenvalue weighted by molar-refractivity contribution is 4.99. The summed E-state index contributed by atoms with van der Waals surface area (Å²) in [7, 11) is 0. The maximum absolute atomic E-state index is 10.3. The van der Waals surface area contributed by atoms with Crippen LogP contribution in [0.15, 0.2) is 0 Å². The largest absolute Gasteiger partial charge is 0.390 e. The summed E-state index contributed by atoms with van der Waals surface area (Å²) in [5.41, 5.74) is -0.326. The minimum atomic E-state index is -0.326. The molecule has 2 fully saturated rings. The minimum absolute atomic E-state index is 0.326. The maximum Gasteiger partial charge on any atom is 0.0677 e. The lowest BCUT2D eigenvalue weighted by atomic mass is 9.83. The van der Waals surface area contributed by atoms with E-state index in [4.69, 9.17) is 0 Å².